The van der Waals surface area contributed by atoms with Crippen molar-refractivity contribution in [2.24, 2.45) is 0 Å². The van der Waals surface area contributed by atoms with Crippen molar-refractivity contribution in [3.63, 3.8) is 0 Å². The molecule has 0 aliphatic carbocycles. The summed E-state index contributed by atoms with van der Waals surface area (Å²) in [5.74, 6) is 1.08. The first kappa shape index (κ1) is 28.3. The number of rotatable bonds is 10. The molecular weight excluding hydrogens is 551 g/mol. The maximum absolute atomic E-state index is 13.8. The van der Waals surface area contributed by atoms with E-state index in [1.54, 1.807) is 21.8 Å². The molecule has 9 heteroatoms. The fraction of sp³-hybridized carbons (Fsp3) is 0.438. The van der Waals surface area contributed by atoms with Gasteiger partial charge in [-0.25, -0.2) is 18.4 Å². The Morgan fingerprint density at radius 2 is 1.85 bits per heavy atom. The molecule has 2 fully saturated rings. The highest BCUT2D eigenvalue weighted by Crippen LogP contribution is 2.31. The summed E-state index contributed by atoms with van der Waals surface area (Å²) in [5.41, 5.74) is 3.70. The van der Waals surface area contributed by atoms with Gasteiger partial charge < -0.3 is 4.90 Å². The van der Waals surface area contributed by atoms with Crippen molar-refractivity contribution < 1.29 is 8.42 Å². The molecule has 216 valence electrons. The Labute approximate surface area is 247 Å². The number of fused-ring (bicyclic) bond motifs is 1. The first-order valence-electron chi connectivity index (χ1n) is 14.9. The summed E-state index contributed by atoms with van der Waals surface area (Å²) in [6.07, 6.45) is 7.58. The van der Waals surface area contributed by atoms with Crippen LogP contribution in [-0.4, -0.2) is 72.9 Å². The normalized spacial score (nSPS) is 18.9. The van der Waals surface area contributed by atoms with Crippen molar-refractivity contribution in [3.8, 4) is 11.1 Å². The van der Waals surface area contributed by atoms with E-state index in [0.29, 0.717) is 11.9 Å². The fourth-order valence-corrected chi connectivity index (χ4v) is 8.69. The van der Waals surface area contributed by atoms with Gasteiger partial charge >= 0.3 is 0 Å². The van der Waals surface area contributed by atoms with E-state index in [1.165, 1.54) is 16.8 Å². The minimum atomic E-state index is -3.66. The SMILES string of the molecule is CCCCc1cc(-c2ccsc2)cc(N2CCN(CC[C@@H]3CCCN3S(=O)(=O)c3nccc4ccccc34)CC2)n1. The molecule has 1 atom stereocenters. The van der Waals surface area contributed by atoms with Gasteiger partial charge in [0.1, 0.15) is 5.82 Å². The first-order valence-corrected chi connectivity index (χ1v) is 17.3. The Morgan fingerprint density at radius 1 is 1.00 bits per heavy atom. The third-order valence-electron chi connectivity index (χ3n) is 8.49. The van der Waals surface area contributed by atoms with Gasteiger partial charge in [-0.05, 0) is 90.2 Å². The van der Waals surface area contributed by atoms with Crippen molar-refractivity contribution in [1.29, 1.82) is 0 Å². The molecule has 2 saturated heterocycles. The third-order valence-corrected chi connectivity index (χ3v) is 11.1. The number of benzene rings is 1. The summed E-state index contributed by atoms with van der Waals surface area (Å²) in [6, 6.07) is 16.2. The lowest BCUT2D eigenvalue weighted by molar-refractivity contribution is 0.231. The Morgan fingerprint density at radius 3 is 2.66 bits per heavy atom. The number of unbranched alkanes of at least 4 members (excludes halogenated alkanes) is 1. The molecule has 0 saturated carbocycles. The smallest absolute Gasteiger partial charge is 0.261 e. The van der Waals surface area contributed by atoms with Crippen LogP contribution in [0.4, 0.5) is 5.82 Å². The van der Waals surface area contributed by atoms with Crippen LogP contribution in [0, 0.1) is 0 Å². The summed E-state index contributed by atoms with van der Waals surface area (Å²) in [5, 5.41) is 6.14. The number of hydrogen-bond donors (Lipinski definition) is 0. The Hall–Kier alpha value is -2.85. The number of piperazine rings is 1. The molecular formula is C32H39N5O2S2. The molecule has 0 spiro atoms. The second kappa shape index (κ2) is 12.6. The molecule has 2 aliphatic heterocycles. The number of thiophene rings is 1. The average molecular weight is 590 g/mol. The van der Waals surface area contributed by atoms with E-state index in [4.69, 9.17) is 4.98 Å². The van der Waals surface area contributed by atoms with Crippen LogP contribution in [0.5, 0.6) is 0 Å². The topological polar surface area (TPSA) is 69.6 Å². The van der Waals surface area contributed by atoms with Crippen LogP contribution in [-0.2, 0) is 16.4 Å². The maximum Gasteiger partial charge on any atom is 0.261 e. The number of aryl methyl sites for hydroxylation is 1. The van der Waals surface area contributed by atoms with Crippen molar-refractivity contribution in [3.05, 3.63) is 71.2 Å². The number of nitrogens with zero attached hydrogens (tertiary/aromatic N) is 5. The minimum Gasteiger partial charge on any atom is -0.354 e. The van der Waals surface area contributed by atoms with Gasteiger partial charge in [0.25, 0.3) is 10.0 Å². The summed E-state index contributed by atoms with van der Waals surface area (Å²) in [7, 11) is -3.66. The van der Waals surface area contributed by atoms with Crippen LogP contribution in [0.1, 0.15) is 44.7 Å². The van der Waals surface area contributed by atoms with Crippen LogP contribution in [0.25, 0.3) is 21.9 Å². The van der Waals surface area contributed by atoms with Crippen molar-refractivity contribution in [2.75, 3.05) is 44.2 Å². The zero-order valence-electron chi connectivity index (χ0n) is 23.8. The van der Waals surface area contributed by atoms with Gasteiger partial charge in [0.2, 0.25) is 0 Å². The van der Waals surface area contributed by atoms with Crippen molar-refractivity contribution in [2.45, 2.75) is 56.5 Å². The van der Waals surface area contributed by atoms with Gasteiger partial charge in [0, 0.05) is 56.0 Å². The molecule has 41 heavy (non-hydrogen) atoms. The van der Waals surface area contributed by atoms with Gasteiger partial charge in [-0.3, -0.25) is 4.90 Å². The second-order valence-corrected chi connectivity index (χ2v) is 13.8. The maximum atomic E-state index is 13.8. The Balaban J connectivity index is 1.09. The van der Waals surface area contributed by atoms with Gasteiger partial charge in [-0.2, -0.15) is 15.6 Å². The molecule has 0 bridgehead atoms. The summed E-state index contributed by atoms with van der Waals surface area (Å²) < 4.78 is 29.2. The highest BCUT2D eigenvalue weighted by Gasteiger charge is 2.37. The average Bonchev–Trinajstić information content (AvgIpc) is 3.72. The predicted molar refractivity (Wildman–Crippen MR) is 168 cm³/mol. The molecule has 7 nitrogen and oxygen atoms in total. The highest BCUT2D eigenvalue weighted by atomic mass is 32.2. The second-order valence-electron chi connectivity index (χ2n) is 11.2. The van der Waals surface area contributed by atoms with Gasteiger partial charge in [0.05, 0.1) is 0 Å². The molecule has 4 aromatic rings. The Bertz CT molecular complexity index is 1560. The number of aromatic nitrogens is 2. The zero-order valence-corrected chi connectivity index (χ0v) is 25.4. The predicted octanol–water partition coefficient (Wildman–Crippen LogP) is 6.07. The summed E-state index contributed by atoms with van der Waals surface area (Å²) in [4.78, 5) is 14.3. The van der Waals surface area contributed by atoms with E-state index in [9.17, 15) is 8.42 Å². The molecule has 0 N–H and O–H groups in total. The molecule has 0 unspecified atom stereocenters. The number of pyridine rings is 2. The number of hydrogen-bond acceptors (Lipinski definition) is 7. The van der Waals surface area contributed by atoms with Crippen LogP contribution >= 0.6 is 11.3 Å². The minimum absolute atomic E-state index is 0.0175. The van der Waals surface area contributed by atoms with Crippen LogP contribution < -0.4 is 4.90 Å². The third kappa shape index (κ3) is 6.18. The zero-order chi connectivity index (χ0) is 28.2. The van der Waals surface area contributed by atoms with E-state index in [1.807, 2.05) is 30.3 Å². The number of sulfonamides is 1. The monoisotopic (exact) mass is 589 g/mol. The van der Waals surface area contributed by atoms with Gasteiger partial charge in [0.15, 0.2) is 5.03 Å². The van der Waals surface area contributed by atoms with E-state index in [0.717, 1.165) is 82.5 Å². The van der Waals surface area contributed by atoms with Gasteiger partial charge in [-0.1, -0.05) is 37.6 Å². The van der Waals surface area contributed by atoms with E-state index < -0.39 is 10.0 Å². The van der Waals surface area contributed by atoms with Gasteiger partial charge in [-0.15, -0.1) is 0 Å². The van der Waals surface area contributed by atoms with E-state index in [2.05, 4.69) is 50.7 Å². The van der Waals surface area contributed by atoms with Crippen LogP contribution in [0.15, 0.2) is 70.5 Å². The number of anilines is 1. The molecule has 5 heterocycles. The molecule has 6 rings (SSSR count). The lowest BCUT2D eigenvalue weighted by Crippen LogP contribution is -2.48. The first-order chi connectivity index (χ1) is 20.0. The van der Waals surface area contributed by atoms with Crippen molar-refractivity contribution >= 4 is 38.0 Å². The van der Waals surface area contributed by atoms with E-state index in [-0.39, 0.29) is 11.1 Å². The molecule has 3 aromatic heterocycles. The standard InChI is InChI=1S/C32H39N5O2S2/c1-2-3-8-28-22-27(26-13-21-40-24-26)23-31(34-28)36-19-17-35(18-20-36)16-12-29-9-6-15-37(29)41(38,39)32-30-10-5-4-7-25(30)11-14-33-32/h4-5,7,10-11,13-14,21-24,29H,2-3,6,8-9,12,15-20H2,1H3/t29-/m0/s1. The summed E-state index contributed by atoms with van der Waals surface area (Å²) in [6.45, 7) is 7.47. The van der Waals surface area contributed by atoms with Crippen molar-refractivity contribution in [1.82, 2.24) is 19.2 Å². The lowest BCUT2D eigenvalue weighted by atomic mass is 10.1. The highest BCUT2D eigenvalue weighted by molar-refractivity contribution is 7.89. The molecule has 0 radical (unpaired) electrons. The quantitative estimate of drug-likeness (QED) is 0.224. The van der Waals surface area contributed by atoms with Crippen LogP contribution in [0.3, 0.4) is 0 Å². The molecule has 0 amide bonds. The largest absolute Gasteiger partial charge is 0.354 e. The van der Waals surface area contributed by atoms with E-state index >= 15 is 0 Å². The lowest BCUT2D eigenvalue weighted by Gasteiger charge is -2.36. The molecule has 2 aliphatic rings. The fourth-order valence-electron chi connectivity index (χ4n) is 6.17. The van der Waals surface area contributed by atoms with Crippen LogP contribution in [0.2, 0.25) is 0 Å². The molecule has 1 aromatic carbocycles. The summed E-state index contributed by atoms with van der Waals surface area (Å²) >= 11 is 1.73. The Kier molecular flexibility index (Phi) is 8.67.